The van der Waals surface area contributed by atoms with Gasteiger partial charge in [0.1, 0.15) is 5.78 Å². The van der Waals surface area contributed by atoms with E-state index in [1.165, 1.54) is 0 Å². The van der Waals surface area contributed by atoms with Gasteiger partial charge in [-0.15, -0.1) is 11.3 Å². The molecule has 2 rings (SSSR count). The molecule has 3 unspecified atom stereocenters. The fraction of sp³-hybridized carbons (Fsp3) is 0.667. The Labute approximate surface area is 199 Å². The van der Waals surface area contributed by atoms with Crippen LogP contribution in [0.4, 0.5) is 0 Å². The minimum absolute atomic E-state index is 0.00896. The van der Waals surface area contributed by atoms with Gasteiger partial charge in [-0.2, -0.15) is 0 Å². The fourth-order valence-corrected chi connectivity index (χ4v) is 5.31. The number of amides is 1. The Morgan fingerprint density at radius 2 is 1.97 bits per heavy atom. The first-order valence-corrected chi connectivity index (χ1v) is 12.9. The van der Waals surface area contributed by atoms with Crippen molar-refractivity contribution in [3.05, 3.63) is 33.8 Å². The van der Waals surface area contributed by atoms with Gasteiger partial charge in [-0.05, 0) is 63.5 Å². The lowest BCUT2D eigenvalue weighted by Gasteiger charge is -2.31. The number of aryl methyl sites for hydroxylation is 1. The van der Waals surface area contributed by atoms with Crippen molar-refractivity contribution in [3.8, 4) is 0 Å². The maximum absolute atomic E-state index is 13.2. The van der Waals surface area contributed by atoms with Gasteiger partial charge >= 0.3 is 0 Å². The van der Waals surface area contributed by atoms with Gasteiger partial charge in [0.15, 0.2) is 0 Å². The zero-order chi connectivity index (χ0) is 23.9. The first-order chi connectivity index (χ1) is 15.0. The number of hydrogen-bond donors (Lipinski definition) is 0. The molecular weight excluding hydrogens is 416 g/mol. The molecule has 0 radical (unpaired) electrons. The predicted molar refractivity (Wildman–Crippen MR) is 136 cm³/mol. The molecular formula is C27H42N2O2S. The summed E-state index contributed by atoms with van der Waals surface area (Å²) in [6.07, 6.45) is 12.6. The first-order valence-electron chi connectivity index (χ1n) is 12.1. The molecule has 0 fully saturated rings. The van der Waals surface area contributed by atoms with E-state index in [2.05, 4.69) is 49.4 Å². The Kier molecular flexibility index (Phi) is 9.87. The van der Waals surface area contributed by atoms with Crippen LogP contribution in [0.15, 0.2) is 23.1 Å². The van der Waals surface area contributed by atoms with Crippen LogP contribution in [0.25, 0.3) is 6.08 Å². The summed E-state index contributed by atoms with van der Waals surface area (Å²) >= 11 is 1.64. The molecule has 0 aliphatic carbocycles. The van der Waals surface area contributed by atoms with Crippen LogP contribution < -0.4 is 0 Å². The van der Waals surface area contributed by atoms with Gasteiger partial charge < -0.3 is 4.90 Å². The van der Waals surface area contributed by atoms with Crippen molar-refractivity contribution in [1.82, 2.24) is 9.88 Å². The second kappa shape index (κ2) is 11.9. The van der Waals surface area contributed by atoms with Crippen LogP contribution in [-0.2, 0) is 9.59 Å². The second-order valence-corrected chi connectivity index (χ2v) is 11.4. The number of allylic oxidation sites excluding steroid dienone is 1. The molecule has 0 bridgehead atoms. The molecule has 5 heteroatoms. The summed E-state index contributed by atoms with van der Waals surface area (Å²) in [7, 11) is 1.90. The molecule has 0 N–H and O–H groups in total. The van der Waals surface area contributed by atoms with Crippen LogP contribution in [0.5, 0.6) is 0 Å². The SMILES string of the molecule is CC(=Cc1csc(C)n1)C1CC=CCCCC(C)CC(C)C(=O)C(C)(C)CCC(=O)N1C. The highest BCUT2D eigenvalue weighted by Gasteiger charge is 2.33. The zero-order valence-corrected chi connectivity index (χ0v) is 21.9. The van der Waals surface area contributed by atoms with Gasteiger partial charge in [-0.25, -0.2) is 4.98 Å². The average Bonchev–Trinajstić information content (AvgIpc) is 3.14. The third-order valence-electron chi connectivity index (χ3n) is 6.83. The lowest BCUT2D eigenvalue weighted by molar-refractivity contribution is -0.134. The third kappa shape index (κ3) is 7.68. The van der Waals surface area contributed by atoms with Crippen molar-refractivity contribution in [2.75, 3.05) is 7.05 Å². The van der Waals surface area contributed by atoms with Gasteiger partial charge in [0, 0.05) is 30.2 Å². The summed E-state index contributed by atoms with van der Waals surface area (Å²) < 4.78 is 0. The molecule has 1 aliphatic rings. The molecule has 0 saturated carbocycles. The van der Waals surface area contributed by atoms with E-state index in [1.54, 1.807) is 11.3 Å². The highest BCUT2D eigenvalue weighted by Crippen LogP contribution is 2.31. The van der Waals surface area contributed by atoms with Crippen LogP contribution in [-0.4, -0.2) is 34.7 Å². The number of rotatable bonds is 2. The maximum atomic E-state index is 13.2. The zero-order valence-electron chi connectivity index (χ0n) is 21.1. The van der Waals surface area contributed by atoms with Crippen LogP contribution in [0, 0.1) is 24.2 Å². The third-order valence-corrected chi connectivity index (χ3v) is 7.62. The van der Waals surface area contributed by atoms with E-state index in [-0.39, 0.29) is 17.9 Å². The van der Waals surface area contributed by atoms with Crippen LogP contribution in [0.3, 0.4) is 0 Å². The maximum Gasteiger partial charge on any atom is 0.222 e. The molecule has 1 aromatic heterocycles. The Morgan fingerprint density at radius 1 is 1.25 bits per heavy atom. The van der Waals surface area contributed by atoms with E-state index in [0.29, 0.717) is 24.5 Å². The predicted octanol–water partition coefficient (Wildman–Crippen LogP) is 6.85. The Hall–Kier alpha value is -1.75. The number of thiazole rings is 1. The highest BCUT2D eigenvalue weighted by atomic mass is 32.1. The minimum atomic E-state index is -0.481. The Morgan fingerprint density at radius 3 is 2.62 bits per heavy atom. The summed E-state index contributed by atoms with van der Waals surface area (Å²) in [5, 5.41) is 3.10. The molecule has 4 nitrogen and oxygen atoms in total. The molecule has 1 amide bonds. The lowest BCUT2D eigenvalue weighted by Crippen LogP contribution is -2.39. The summed E-state index contributed by atoms with van der Waals surface area (Å²) in [6, 6.07) is -0.00896. The van der Waals surface area contributed by atoms with Crippen LogP contribution >= 0.6 is 11.3 Å². The largest absolute Gasteiger partial charge is 0.339 e. The summed E-state index contributed by atoms with van der Waals surface area (Å²) in [6.45, 7) is 12.4. The van der Waals surface area contributed by atoms with E-state index < -0.39 is 5.41 Å². The van der Waals surface area contributed by atoms with Crippen LogP contribution in [0.2, 0.25) is 0 Å². The first kappa shape index (κ1) is 26.5. The Balaban J connectivity index is 2.26. The van der Waals surface area contributed by atoms with Crippen molar-refractivity contribution in [1.29, 1.82) is 0 Å². The highest BCUT2D eigenvalue weighted by molar-refractivity contribution is 7.09. The summed E-state index contributed by atoms with van der Waals surface area (Å²) in [4.78, 5) is 32.7. The molecule has 0 spiro atoms. The fourth-order valence-electron chi connectivity index (χ4n) is 4.74. The Bertz CT molecular complexity index is 836. The number of carbonyl (C=O) groups is 2. The topological polar surface area (TPSA) is 50.3 Å². The van der Waals surface area contributed by atoms with Crippen molar-refractivity contribution in [2.45, 2.75) is 92.5 Å². The molecule has 0 aromatic carbocycles. The monoisotopic (exact) mass is 458 g/mol. The molecule has 0 saturated heterocycles. The van der Waals surface area contributed by atoms with Crippen LogP contribution in [0.1, 0.15) is 90.3 Å². The van der Waals surface area contributed by atoms with Gasteiger partial charge in [0.05, 0.1) is 16.7 Å². The molecule has 178 valence electrons. The number of hydrogen-bond acceptors (Lipinski definition) is 4. The quantitative estimate of drug-likeness (QED) is 0.455. The number of likely N-dealkylation sites (N-methyl/N-ethyl adjacent to an activating group) is 1. The number of aromatic nitrogens is 1. The normalized spacial score (nSPS) is 27.0. The smallest absolute Gasteiger partial charge is 0.222 e. The van der Waals surface area contributed by atoms with E-state index >= 15 is 0 Å². The average molecular weight is 459 g/mol. The molecule has 2 heterocycles. The summed E-state index contributed by atoms with van der Waals surface area (Å²) in [5.41, 5.74) is 1.61. The summed E-state index contributed by atoms with van der Waals surface area (Å²) in [5.74, 6) is 0.965. The minimum Gasteiger partial charge on any atom is -0.339 e. The van der Waals surface area contributed by atoms with Gasteiger partial charge in [0.2, 0.25) is 5.91 Å². The number of nitrogens with zero attached hydrogens (tertiary/aromatic N) is 2. The molecule has 1 aromatic rings. The van der Waals surface area contributed by atoms with Crippen molar-refractivity contribution in [2.24, 2.45) is 17.3 Å². The van der Waals surface area contributed by atoms with E-state index in [0.717, 1.165) is 48.4 Å². The lowest BCUT2D eigenvalue weighted by atomic mass is 9.75. The van der Waals surface area contributed by atoms with Crippen molar-refractivity contribution in [3.63, 3.8) is 0 Å². The van der Waals surface area contributed by atoms with Crippen molar-refractivity contribution >= 4 is 29.1 Å². The molecule has 32 heavy (non-hydrogen) atoms. The van der Waals surface area contributed by atoms with Crippen molar-refractivity contribution < 1.29 is 9.59 Å². The van der Waals surface area contributed by atoms with E-state index in [9.17, 15) is 9.59 Å². The van der Waals surface area contributed by atoms with E-state index in [1.807, 2.05) is 32.7 Å². The molecule has 1 aliphatic heterocycles. The number of carbonyl (C=O) groups excluding carboxylic acids is 2. The van der Waals surface area contributed by atoms with Gasteiger partial charge in [0.25, 0.3) is 0 Å². The van der Waals surface area contributed by atoms with Gasteiger partial charge in [-0.3, -0.25) is 9.59 Å². The van der Waals surface area contributed by atoms with E-state index in [4.69, 9.17) is 0 Å². The second-order valence-electron chi connectivity index (χ2n) is 10.3. The number of ketones is 1. The number of Topliss-reactive ketones (excluding diaryl/α,β-unsaturated/α-hetero) is 1. The van der Waals surface area contributed by atoms with Gasteiger partial charge in [-0.1, -0.05) is 46.3 Å². The standard InChI is InChI=1S/C27H42N2O2S/c1-19-12-10-8-9-11-13-24(20(2)17-23-18-32-22(4)28-23)29(7)25(30)14-15-27(5,6)26(31)21(3)16-19/h9,11,17-19,21,24H,8,10,12-16H2,1-7H3. The molecule has 3 atom stereocenters.